The second kappa shape index (κ2) is 13.3. The van der Waals surface area contributed by atoms with Crippen molar-refractivity contribution in [1.29, 1.82) is 0 Å². The average molecular weight is 615 g/mol. The van der Waals surface area contributed by atoms with E-state index in [1.165, 1.54) is 4.90 Å². The third-order valence-corrected chi connectivity index (χ3v) is 8.28. The lowest BCUT2D eigenvalue weighted by Gasteiger charge is -2.34. The first-order chi connectivity index (χ1) is 18.3. The first-order valence-corrected chi connectivity index (χ1v) is 15.4. The monoisotopic (exact) mass is 613 g/mol. The van der Waals surface area contributed by atoms with Gasteiger partial charge in [0.15, 0.2) is 0 Å². The lowest BCUT2D eigenvalue weighted by molar-refractivity contribution is -0.140. The first kappa shape index (κ1) is 30.4. The van der Waals surface area contributed by atoms with E-state index in [4.69, 9.17) is 0 Å². The van der Waals surface area contributed by atoms with Gasteiger partial charge < -0.3 is 10.2 Å². The topological polar surface area (TPSA) is 86.8 Å². The molecule has 0 radical (unpaired) electrons. The zero-order valence-electron chi connectivity index (χ0n) is 23.0. The molecule has 0 spiro atoms. The van der Waals surface area contributed by atoms with E-state index in [0.29, 0.717) is 5.69 Å². The van der Waals surface area contributed by atoms with Gasteiger partial charge >= 0.3 is 0 Å². The van der Waals surface area contributed by atoms with Crippen LogP contribution in [-0.4, -0.2) is 50.0 Å². The summed E-state index contributed by atoms with van der Waals surface area (Å²) in [5.41, 5.74) is 3.99. The predicted octanol–water partition coefficient (Wildman–Crippen LogP) is 5.00. The third kappa shape index (κ3) is 8.66. The third-order valence-electron chi connectivity index (χ3n) is 6.25. The van der Waals surface area contributed by atoms with Crippen LogP contribution < -0.4 is 9.62 Å². The fourth-order valence-corrected chi connectivity index (χ4v) is 5.43. The summed E-state index contributed by atoms with van der Waals surface area (Å²) in [4.78, 5) is 29.1. The summed E-state index contributed by atoms with van der Waals surface area (Å²) >= 11 is 3.44. The van der Waals surface area contributed by atoms with Gasteiger partial charge in [-0.2, -0.15) is 0 Å². The highest BCUT2D eigenvalue weighted by Gasteiger charge is 2.33. The van der Waals surface area contributed by atoms with E-state index in [1.807, 2.05) is 82.3 Å². The molecule has 2 amide bonds. The van der Waals surface area contributed by atoms with Gasteiger partial charge in [-0.05, 0) is 62.6 Å². The molecule has 0 saturated heterocycles. The summed E-state index contributed by atoms with van der Waals surface area (Å²) in [7, 11) is -3.81. The van der Waals surface area contributed by atoms with Crippen LogP contribution in [0.2, 0.25) is 0 Å². The molecule has 0 unspecified atom stereocenters. The molecule has 3 rings (SSSR count). The van der Waals surface area contributed by atoms with Crippen LogP contribution in [0.4, 0.5) is 5.69 Å². The van der Waals surface area contributed by atoms with Crippen molar-refractivity contribution in [3.63, 3.8) is 0 Å². The smallest absolute Gasteiger partial charge is 0.244 e. The van der Waals surface area contributed by atoms with Crippen LogP contribution >= 0.6 is 15.9 Å². The Hall–Kier alpha value is -3.17. The minimum Gasteiger partial charge on any atom is -0.352 e. The molecule has 0 aliphatic carbocycles. The van der Waals surface area contributed by atoms with Gasteiger partial charge in [0.2, 0.25) is 21.8 Å². The summed E-state index contributed by atoms with van der Waals surface area (Å²) in [5, 5.41) is 2.95. The van der Waals surface area contributed by atoms with Gasteiger partial charge in [-0.3, -0.25) is 13.9 Å². The Labute approximate surface area is 240 Å². The quantitative estimate of drug-likeness (QED) is 0.330. The normalized spacial score (nSPS) is 12.2. The molecular weight excluding hydrogens is 578 g/mol. The van der Waals surface area contributed by atoms with Gasteiger partial charge in [0.25, 0.3) is 0 Å². The first-order valence-electron chi connectivity index (χ1n) is 12.8. The van der Waals surface area contributed by atoms with Crippen LogP contribution in [0, 0.1) is 13.8 Å². The molecule has 208 valence electrons. The highest BCUT2D eigenvalue weighted by Crippen LogP contribution is 2.25. The Morgan fingerprint density at radius 3 is 2.18 bits per heavy atom. The highest BCUT2D eigenvalue weighted by molar-refractivity contribution is 9.10. The maximum atomic E-state index is 14.1. The number of nitrogens with zero attached hydrogens (tertiary/aromatic N) is 2. The van der Waals surface area contributed by atoms with Gasteiger partial charge in [-0.15, -0.1) is 0 Å². The zero-order chi connectivity index (χ0) is 28.7. The molecule has 3 aromatic carbocycles. The second-order valence-corrected chi connectivity index (χ2v) is 12.8. The number of sulfonamides is 1. The standard InChI is InChI=1S/C30H36BrN3O4S/c1-21(2)32-30(36)28(18-24-11-7-6-8-12-24)33(19-25-13-9-10-22(3)16-25)29(35)20-34(39(5,37)38)26-14-15-27(31)23(4)17-26/h6-17,21,28H,18-20H2,1-5H3,(H,32,36)/t28-/m1/s1. The molecule has 1 N–H and O–H groups in total. The molecule has 0 aliphatic rings. The molecule has 3 aromatic rings. The lowest BCUT2D eigenvalue weighted by atomic mass is 10.0. The van der Waals surface area contributed by atoms with Gasteiger partial charge in [0.1, 0.15) is 12.6 Å². The van der Waals surface area contributed by atoms with Crippen molar-refractivity contribution in [2.45, 2.75) is 52.7 Å². The lowest BCUT2D eigenvalue weighted by Crippen LogP contribution is -2.54. The van der Waals surface area contributed by atoms with Gasteiger partial charge in [0.05, 0.1) is 11.9 Å². The van der Waals surface area contributed by atoms with Crippen molar-refractivity contribution in [3.8, 4) is 0 Å². The van der Waals surface area contributed by atoms with Crippen LogP contribution in [0.5, 0.6) is 0 Å². The molecule has 39 heavy (non-hydrogen) atoms. The van der Waals surface area contributed by atoms with Crippen molar-refractivity contribution >= 4 is 43.5 Å². The number of benzene rings is 3. The summed E-state index contributed by atoms with van der Waals surface area (Å²) < 4.78 is 27.7. The fourth-order valence-electron chi connectivity index (χ4n) is 4.34. The molecule has 0 bridgehead atoms. The van der Waals surface area contributed by atoms with Crippen molar-refractivity contribution in [2.24, 2.45) is 0 Å². The summed E-state index contributed by atoms with van der Waals surface area (Å²) in [5.74, 6) is -0.761. The van der Waals surface area contributed by atoms with Gasteiger partial charge in [-0.25, -0.2) is 8.42 Å². The van der Waals surface area contributed by atoms with Crippen molar-refractivity contribution in [3.05, 3.63) is 99.5 Å². The van der Waals surface area contributed by atoms with Gasteiger partial charge in [0, 0.05) is 23.5 Å². The average Bonchev–Trinajstić information content (AvgIpc) is 2.86. The number of anilines is 1. The Morgan fingerprint density at radius 2 is 1.59 bits per heavy atom. The Bertz CT molecular complexity index is 1410. The second-order valence-electron chi connectivity index (χ2n) is 10.1. The zero-order valence-corrected chi connectivity index (χ0v) is 25.4. The summed E-state index contributed by atoms with van der Waals surface area (Å²) in [6.45, 7) is 7.26. The van der Waals surface area contributed by atoms with Crippen LogP contribution in [0.15, 0.2) is 77.3 Å². The molecule has 7 nitrogen and oxygen atoms in total. The number of aryl methyl sites for hydroxylation is 2. The number of hydrogen-bond acceptors (Lipinski definition) is 4. The molecule has 0 heterocycles. The van der Waals surface area contributed by atoms with Crippen molar-refractivity contribution < 1.29 is 18.0 Å². The number of nitrogens with one attached hydrogen (secondary N) is 1. The van der Waals surface area contributed by atoms with Crippen LogP contribution in [0.1, 0.15) is 36.1 Å². The molecule has 1 atom stereocenters. The van der Waals surface area contributed by atoms with Crippen LogP contribution in [-0.2, 0) is 32.6 Å². The SMILES string of the molecule is Cc1cccc(CN(C(=O)CN(c2ccc(Br)c(C)c2)S(C)(=O)=O)[C@H](Cc2ccccc2)C(=O)NC(C)C)c1. The summed E-state index contributed by atoms with van der Waals surface area (Å²) in [6.07, 6.45) is 1.36. The van der Waals surface area contributed by atoms with Crippen LogP contribution in [0.25, 0.3) is 0 Å². The minimum absolute atomic E-state index is 0.134. The molecule has 9 heteroatoms. The maximum Gasteiger partial charge on any atom is 0.244 e. The van der Waals surface area contributed by atoms with Crippen molar-refractivity contribution in [1.82, 2.24) is 10.2 Å². The van der Waals surface area contributed by atoms with E-state index in [-0.39, 0.29) is 24.9 Å². The number of carbonyl (C=O) groups excluding carboxylic acids is 2. The molecular formula is C30H36BrN3O4S. The maximum absolute atomic E-state index is 14.1. The number of amides is 2. The predicted molar refractivity (Wildman–Crippen MR) is 160 cm³/mol. The van der Waals surface area contributed by atoms with Crippen molar-refractivity contribution in [2.75, 3.05) is 17.1 Å². The number of halogens is 1. The largest absolute Gasteiger partial charge is 0.352 e. The fraction of sp³-hybridized carbons (Fsp3) is 0.333. The van der Waals surface area contributed by atoms with E-state index in [0.717, 1.165) is 37.3 Å². The van der Waals surface area contributed by atoms with E-state index in [9.17, 15) is 18.0 Å². The number of rotatable bonds is 11. The summed E-state index contributed by atoms with van der Waals surface area (Å²) in [6, 6.07) is 21.4. The number of carbonyl (C=O) groups is 2. The Morgan fingerprint density at radius 1 is 0.923 bits per heavy atom. The van der Waals surface area contributed by atoms with E-state index in [2.05, 4.69) is 21.2 Å². The Kier molecular flexibility index (Phi) is 10.3. The molecule has 0 fully saturated rings. The van der Waals surface area contributed by atoms with Gasteiger partial charge in [-0.1, -0.05) is 76.1 Å². The van der Waals surface area contributed by atoms with E-state index in [1.54, 1.807) is 18.2 Å². The van der Waals surface area contributed by atoms with Crippen LogP contribution in [0.3, 0.4) is 0 Å². The van der Waals surface area contributed by atoms with E-state index < -0.39 is 28.5 Å². The molecule has 0 aliphatic heterocycles. The number of hydrogen-bond donors (Lipinski definition) is 1. The Balaban J connectivity index is 2.07. The molecule has 0 aromatic heterocycles. The highest BCUT2D eigenvalue weighted by atomic mass is 79.9. The minimum atomic E-state index is -3.81. The molecule has 0 saturated carbocycles. The van der Waals surface area contributed by atoms with E-state index >= 15 is 0 Å².